The highest BCUT2D eigenvalue weighted by atomic mass is 16.4. The van der Waals surface area contributed by atoms with Crippen molar-refractivity contribution < 1.29 is 9.52 Å². The van der Waals surface area contributed by atoms with E-state index < -0.39 is 0 Å². The first-order chi connectivity index (χ1) is 8.16. The van der Waals surface area contributed by atoms with Crippen molar-refractivity contribution in [2.24, 2.45) is 0 Å². The standard InChI is InChI=1S/C14H10O3/c1-8-7-13(16)17-14-9(8)5-6-10-11(14)3-2-4-12(10)15/h2-7,15H,1H3. The van der Waals surface area contributed by atoms with E-state index in [0.29, 0.717) is 11.0 Å². The first-order valence-electron chi connectivity index (χ1n) is 5.32. The minimum atomic E-state index is -0.370. The molecule has 1 N–H and O–H groups in total. The summed E-state index contributed by atoms with van der Waals surface area (Å²) in [5.74, 6) is 0.188. The molecule has 0 aliphatic rings. The van der Waals surface area contributed by atoms with Gasteiger partial charge in [0.05, 0.1) is 0 Å². The molecule has 3 heteroatoms. The fourth-order valence-corrected chi connectivity index (χ4v) is 2.12. The summed E-state index contributed by atoms with van der Waals surface area (Å²) in [6.07, 6.45) is 0. The molecule has 1 heterocycles. The number of fused-ring (bicyclic) bond motifs is 3. The molecule has 0 aliphatic carbocycles. The monoisotopic (exact) mass is 226 g/mol. The molecule has 84 valence electrons. The Morgan fingerprint density at radius 2 is 1.82 bits per heavy atom. The molecular weight excluding hydrogens is 216 g/mol. The summed E-state index contributed by atoms with van der Waals surface area (Å²) in [6.45, 7) is 1.87. The van der Waals surface area contributed by atoms with Crippen LogP contribution in [0.15, 0.2) is 45.6 Å². The average Bonchev–Trinajstić information content (AvgIpc) is 2.29. The molecule has 0 bridgehead atoms. The van der Waals surface area contributed by atoms with E-state index in [9.17, 15) is 9.90 Å². The predicted molar refractivity (Wildman–Crippen MR) is 66.4 cm³/mol. The zero-order chi connectivity index (χ0) is 12.0. The summed E-state index contributed by atoms with van der Waals surface area (Å²) in [7, 11) is 0. The molecule has 0 amide bonds. The van der Waals surface area contributed by atoms with Crippen LogP contribution in [0.3, 0.4) is 0 Å². The van der Waals surface area contributed by atoms with Crippen LogP contribution in [0.1, 0.15) is 5.56 Å². The van der Waals surface area contributed by atoms with Gasteiger partial charge in [-0.2, -0.15) is 0 Å². The lowest BCUT2D eigenvalue weighted by molar-refractivity contribution is 0.481. The minimum Gasteiger partial charge on any atom is -0.507 e. The molecule has 0 fully saturated rings. The van der Waals surface area contributed by atoms with Crippen LogP contribution >= 0.6 is 0 Å². The van der Waals surface area contributed by atoms with E-state index >= 15 is 0 Å². The predicted octanol–water partition coefficient (Wildman–Crippen LogP) is 2.96. The van der Waals surface area contributed by atoms with Crippen molar-refractivity contribution in [1.29, 1.82) is 0 Å². The Bertz CT molecular complexity index is 784. The number of aromatic hydroxyl groups is 1. The summed E-state index contributed by atoms with van der Waals surface area (Å²) in [4.78, 5) is 11.4. The molecule has 1 aromatic heterocycles. The number of phenolic OH excluding ortho intramolecular Hbond substituents is 1. The Hall–Kier alpha value is -2.29. The quantitative estimate of drug-likeness (QED) is 0.473. The lowest BCUT2D eigenvalue weighted by atomic mass is 10.0. The molecule has 3 nitrogen and oxygen atoms in total. The molecule has 0 aliphatic heterocycles. The normalized spacial score (nSPS) is 11.1. The van der Waals surface area contributed by atoms with Gasteiger partial charge in [0, 0.05) is 22.2 Å². The second-order valence-corrected chi connectivity index (χ2v) is 4.06. The third kappa shape index (κ3) is 1.40. The van der Waals surface area contributed by atoms with Gasteiger partial charge in [0.25, 0.3) is 0 Å². The zero-order valence-corrected chi connectivity index (χ0v) is 9.23. The highest BCUT2D eigenvalue weighted by Gasteiger charge is 2.08. The van der Waals surface area contributed by atoms with Crippen molar-refractivity contribution >= 4 is 21.7 Å². The van der Waals surface area contributed by atoms with E-state index in [1.54, 1.807) is 12.1 Å². The molecule has 3 aromatic rings. The largest absolute Gasteiger partial charge is 0.507 e. The minimum absolute atomic E-state index is 0.188. The number of benzene rings is 2. The Morgan fingerprint density at radius 1 is 1.06 bits per heavy atom. The van der Waals surface area contributed by atoms with Crippen LogP contribution in [0.4, 0.5) is 0 Å². The molecule has 0 radical (unpaired) electrons. The first-order valence-corrected chi connectivity index (χ1v) is 5.32. The van der Waals surface area contributed by atoms with Crippen LogP contribution in [0.2, 0.25) is 0 Å². The SMILES string of the molecule is Cc1cc(=O)oc2c1ccc1c(O)cccc12. The number of aryl methyl sites for hydroxylation is 1. The molecule has 0 unspecified atom stereocenters. The summed E-state index contributed by atoms with van der Waals surface area (Å²) < 4.78 is 5.24. The van der Waals surface area contributed by atoms with E-state index in [0.717, 1.165) is 16.3 Å². The maximum Gasteiger partial charge on any atom is 0.336 e. The highest BCUT2D eigenvalue weighted by Crippen LogP contribution is 2.31. The molecule has 0 spiro atoms. The van der Waals surface area contributed by atoms with E-state index in [1.165, 1.54) is 6.07 Å². The number of rotatable bonds is 0. The van der Waals surface area contributed by atoms with Crippen molar-refractivity contribution in [1.82, 2.24) is 0 Å². The Labute approximate surface area is 96.9 Å². The fourth-order valence-electron chi connectivity index (χ4n) is 2.12. The molecular formula is C14H10O3. The van der Waals surface area contributed by atoms with Gasteiger partial charge in [-0.05, 0) is 24.6 Å². The van der Waals surface area contributed by atoms with Gasteiger partial charge < -0.3 is 9.52 Å². The maximum atomic E-state index is 11.4. The van der Waals surface area contributed by atoms with Crippen molar-refractivity contribution in [2.45, 2.75) is 6.92 Å². The number of hydrogen-bond donors (Lipinski definition) is 1. The van der Waals surface area contributed by atoms with Gasteiger partial charge >= 0.3 is 5.63 Å². The van der Waals surface area contributed by atoms with Crippen LogP contribution in [0.25, 0.3) is 21.7 Å². The molecule has 17 heavy (non-hydrogen) atoms. The number of phenols is 1. The summed E-state index contributed by atoms with van der Waals surface area (Å²) in [5.41, 5.74) is 1.04. The molecule has 2 aromatic carbocycles. The van der Waals surface area contributed by atoms with Crippen molar-refractivity contribution in [2.75, 3.05) is 0 Å². The molecule has 0 saturated heterocycles. The first kappa shape index (κ1) is 9.90. The average molecular weight is 226 g/mol. The van der Waals surface area contributed by atoms with Crippen molar-refractivity contribution in [3.05, 3.63) is 52.4 Å². The van der Waals surface area contributed by atoms with Crippen molar-refractivity contribution in [3.63, 3.8) is 0 Å². The fraction of sp³-hybridized carbons (Fsp3) is 0.0714. The van der Waals surface area contributed by atoms with Gasteiger partial charge in [-0.25, -0.2) is 4.79 Å². The van der Waals surface area contributed by atoms with Crippen LogP contribution in [0, 0.1) is 6.92 Å². The van der Waals surface area contributed by atoms with E-state index in [4.69, 9.17) is 4.42 Å². The zero-order valence-electron chi connectivity index (χ0n) is 9.23. The van der Waals surface area contributed by atoms with Gasteiger partial charge in [-0.3, -0.25) is 0 Å². The second-order valence-electron chi connectivity index (χ2n) is 4.06. The smallest absolute Gasteiger partial charge is 0.336 e. The highest BCUT2D eigenvalue weighted by molar-refractivity contribution is 6.06. The van der Waals surface area contributed by atoms with Gasteiger partial charge in [0.15, 0.2) is 0 Å². The summed E-state index contributed by atoms with van der Waals surface area (Å²) >= 11 is 0. The van der Waals surface area contributed by atoms with Crippen LogP contribution in [0.5, 0.6) is 5.75 Å². The van der Waals surface area contributed by atoms with E-state index in [-0.39, 0.29) is 11.4 Å². The molecule has 3 rings (SSSR count). The Morgan fingerprint density at radius 3 is 2.65 bits per heavy atom. The van der Waals surface area contributed by atoms with Gasteiger partial charge in [0.2, 0.25) is 0 Å². The maximum absolute atomic E-state index is 11.4. The van der Waals surface area contributed by atoms with Gasteiger partial charge in [-0.15, -0.1) is 0 Å². The molecule has 0 saturated carbocycles. The molecule has 0 atom stereocenters. The second kappa shape index (κ2) is 3.35. The third-order valence-corrected chi connectivity index (χ3v) is 2.95. The lowest BCUT2D eigenvalue weighted by Gasteiger charge is -2.05. The van der Waals surface area contributed by atoms with Gasteiger partial charge in [-0.1, -0.05) is 18.2 Å². The van der Waals surface area contributed by atoms with Crippen LogP contribution in [-0.2, 0) is 0 Å². The summed E-state index contributed by atoms with van der Waals surface area (Å²) in [5, 5.41) is 12.1. The summed E-state index contributed by atoms with van der Waals surface area (Å²) in [6, 6.07) is 10.3. The van der Waals surface area contributed by atoms with Crippen LogP contribution in [-0.4, -0.2) is 5.11 Å². The third-order valence-electron chi connectivity index (χ3n) is 2.95. The Kier molecular flexibility index (Phi) is 1.95. The van der Waals surface area contributed by atoms with Gasteiger partial charge in [0.1, 0.15) is 11.3 Å². The van der Waals surface area contributed by atoms with Crippen molar-refractivity contribution in [3.8, 4) is 5.75 Å². The Balaban J connectivity index is 2.64. The van der Waals surface area contributed by atoms with E-state index in [2.05, 4.69) is 0 Å². The van der Waals surface area contributed by atoms with E-state index in [1.807, 2.05) is 25.1 Å². The topological polar surface area (TPSA) is 50.4 Å². The lowest BCUT2D eigenvalue weighted by Crippen LogP contribution is -1.98. The number of hydrogen-bond acceptors (Lipinski definition) is 3. The van der Waals surface area contributed by atoms with Crippen LogP contribution < -0.4 is 5.63 Å².